The van der Waals surface area contributed by atoms with Crippen LogP contribution in [0.15, 0.2) is 37.6 Å². The third kappa shape index (κ3) is 7.49. The Kier molecular flexibility index (Phi) is 8.88. The summed E-state index contributed by atoms with van der Waals surface area (Å²) in [6, 6.07) is -4.41. The number of aromatic nitrogens is 6. The van der Waals surface area contributed by atoms with E-state index in [-0.39, 0.29) is 19.3 Å². The fourth-order valence-corrected chi connectivity index (χ4v) is 3.32. The lowest BCUT2D eigenvalue weighted by atomic mass is 10.1. The zero-order chi connectivity index (χ0) is 26.1. The van der Waals surface area contributed by atoms with E-state index in [1.807, 2.05) is 0 Å². The average molecular weight is 501 g/mol. The molecule has 9 N–H and O–H groups in total. The number of hydrogen-bond acceptors (Lipinski definition) is 8. The van der Waals surface area contributed by atoms with Crippen molar-refractivity contribution in [2.75, 3.05) is 0 Å². The van der Waals surface area contributed by atoms with Gasteiger partial charge in [-0.3, -0.25) is 14.4 Å². The molecule has 0 aliphatic carbocycles. The highest BCUT2D eigenvalue weighted by molar-refractivity contribution is 5.94. The molecule has 4 atom stereocenters. The molecule has 0 saturated carbocycles. The Balaban J connectivity index is 1.77. The van der Waals surface area contributed by atoms with Crippen LogP contribution in [-0.2, 0) is 38.4 Å². The molecule has 3 amide bonds. The van der Waals surface area contributed by atoms with Crippen LogP contribution in [0.4, 0.5) is 0 Å². The first-order chi connectivity index (χ1) is 17.2. The van der Waals surface area contributed by atoms with Crippen molar-refractivity contribution in [2.45, 2.75) is 50.4 Å². The van der Waals surface area contributed by atoms with Crippen LogP contribution in [0.25, 0.3) is 0 Å². The molecule has 0 saturated heterocycles. The Morgan fingerprint density at radius 1 is 0.750 bits per heavy atom. The minimum Gasteiger partial charge on any atom is -0.480 e. The minimum atomic E-state index is -1.28. The Hall–Kier alpha value is -4.53. The average Bonchev–Trinajstić information content (AvgIpc) is 3.61. The number of aromatic amines is 3. The Bertz CT molecular complexity index is 1130. The normalized spacial score (nSPS) is 14.3. The number of carboxylic acids is 1. The van der Waals surface area contributed by atoms with Crippen LogP contribution in [0, 0.1) is 0 Å². The van der Waals surface area contributed by atoms with Crippen LogP contribution in [-0.4, -0.2) is 82.9 Å². The van der Waals surface area contributed by atoms with Crippen molar-refractivity contribution in [3.05, 3.63) is 54.7 Å². The number of carboxylic acid groups (broad SMARTS) is 1. The van der Waals surface area contributed by atoms with E-state index in [1.54, 1.807) is 0 Å². The molecule has 0 bridgehead atoms. The number of nitrogens with two attached hydrogens (primary N) is 1. The Morgan fingerprint density at radius 3 is 1.44 bits per heavy atom. The van der Waals surface area contributed by atoms with Gasteiger partial charge in [-0.15, -0.1) is 0 Å². The molecule has 3 heterocycles. The smallest absolute Gasteiger partial charge is 0.326 e. The fraction of sp³-hybridized carbons (Fsp3) is 0.381. The van der Waals surface area contributed by atoms with Crippen LogP contribution in [0.2, 0.25) is 0 Å². The second-order valence-corrected chi connectivity index (χ2v) is 8.15. The zero-order valence-electron chi connectivity index (χ0n) is 19.4. The van der Waals surface area contributed by atoms with E-state index in [9.17, 15) is 24.3 Å². The van der Waals surface area contributed by atoms with Gasteiger partial charge in [0.15, 0.2) is 0 Å². The molecule has 0 unspecified atom stereocenters. The van der Waals surface area contributed by atoms with Crippen molar-refractivity contribution in [3.8, 4) is 0 Å². The zero-order valence-corrected chi connectivity index (χ0v) is 19.4. The first-order valence-electron chi connectivity index (χ1n) is 11.0. The lowest BCUT2D eigenvalue weighted by molar-refractivity contribution is -0.142. The van der Waals surface area contributed by atoms with E-state index >= 15 is 0 Å². The molecule has 0 aliphatic rings. The second-order valence-electron chi connectivity index (χ2n) is 8.15. The molecule has 0 radical (unpaired) electrons. The van der Waals surface area contributed by atoms with Crippen molar-refractivity contribution in [1.29, 1.82) is 0 Å². The van der Waals surface area contributed by atoms with Gasteiger partial charge in [-0.2, -0.15) is 0 Å². The number of carbonyl (C=O) groups excluding carboxylic acids is 3. The number of nitrogens with zero attached hydrogens (tertiary/aromatic N) is 3. The maximum absolute atomic E-state index is 13.2. The van der Waals surface area contributed by atoms with Crippen molar-refractivity contribution in [3.63, 3.8) is 0 Å². The van der Waals surface area contributed by atoms with Gasteiger partial charge in [0.05, 0.1) is 25.0 Å². The monoisotopic (exact) mass is 500 g/mol. The third-order valence-electron chi connectivity index (χ3n) is 5.23. The standard InChI is InChI=1S/C21H28N10O5/c1-11(22)18(32)29-15(2-12-5-23-8-26-12)19(33)30-16(3-13-6-24-9-27-13)20(34)31-17(21(35)36)4-14-7-25-10-28-14/h5-11,15-17H,2-4,22H2,1H3,(H,23,26)(H,24,27)(H,25,28)(H,29,32)(H,30,33)(H,31,34)(H,35,36)/t11-,15-,16-,17-/m0/s1. The number of aliphatic carboxylic acids is 1. The summed E-state index contributed by atoms with van der Waals surface area (Å²) < 4.78 is 0. The summed E-state index contributed by atoms with van der Waals surface area (Å²) in [5, 5.41) is 17.2. The van der Waals surface area contributed by atoms with Crippen LogP contribution >= 0.6 is 0 Å². The van der Waals surface area contributed by atoms with Crippen LogP contribution in [0.5, 0.6) is 0 Å². The van der Waals surface area contributed by atoms with E-state index < -0.39 is 47.9 Å². The molecular weight excluding hydrogens is 472 g/mol. The molecule has 36 heavy (non-hydrogen) atoms. The van der Waals surface area contributed by atoms with Crippen LogP contribution < -0.4 is 21.7 Å². The van der Waals surface area contributed by atoms with Gasteiger partial charge in [-0.05, 0) is 6.92 Å². The summed E-state index contributed by atoms with van der Waals surface area (Å²) in [6.07, 6.45) is 8.67. The number of H-pyrrole nitrogens is 3. The van der Waals surface area contributed by atoms with Crippen LogP contribution in [0.1, 0.15) is 24.0 Å². The number of imidazole rings is 3. The van der Waals surface area contributed by atoms with E-state index in [2.05, 4.69) is 45.9 Å². The molecule has 3 aromatic rings. The van der Waals surface area contributed by atoms with Crippen molar-refractivity contribution in [2.24, 2.45) is 5.73 Å². The fourth-order valence-electron chi connectivity index (χ4n) is 3.32. The van der Waals surface area contributed by atoms with Gasteiger partial charge in [-0.1, -0.05) is 0 Å². The molecule has 192 valence electrons. The van der Waals surface area contributed by atoms with Gasteiger partial charge >= 0.3 is 5.97 Å². The SMILES string of the molecule is C[C@H](N)C(=O)N[C@@H](Cc1cnc[nH]1)C(=O)N[C@@H](Cc1cnc[nH]1)C(=O)N[C@@H](Cc1cnc[nH]1)C(=O)O. The number of rotatable bonds is 13. The molecule has 3 rings (SSSR count). The predicted molar refractivity (Wildman–Crippen MR) is 124 cm³/mol. The summed E-state index contributed by atoms with van der Waals surface area (Å²) in [6.45, 7) is 1.47. The van der Waals surface area contributed by atoms with Crippen molar-refractivity contribution in [1.82, 2.24) is 45.9 Å². The molecule has 0 spiro atoms. The summed E-state index contributed by atoms with van der Waals surface area (Å²) in [7, 11) is 0. The molecule has 0 aromatic carbocycles. The quantitative estimate of drug-likeness (QED) is 0.126. The van der Waals surface area contributed by atoms with Gasteiger partial charge in [0.2, 0.25) is 17.7 Å². The summed E-state index contributed by atoms with van der Waals surface area (Å²) in [5.74, 6) is -3.22. The maximum atomic E-state index is 13.2. The third-order valence-corrected chi connectivity index (χ3v) is 5.23. The first-order valence-corrected chi connectivity index (χ1v) is 11.0. The van der Waals surface area contributed by atoms with E-state index in [0.29, 0.717) is 17.1 Å². The lowest BCUT2D eigenvalue weighted by Gasteiger charge is -2.24. The van der Waals surface area contributed by atoms with E-state index in [4.69, 9.17) is 5.73 Å². The number of carbonyl (C=O) groups is 4. The topological polar surface area (TPSA) is 237 Å². The Labute approximate surface area is 205 Å². The molecule has 15 heteroatoms. The molecule has 15 nitrogen and oxygen atoms in total. The second kappa shape index (κ2) is 12.3. The molecule has 0 aliphatic heterocycles. The summed E-state index contributed by atoms with van der Waals surface area (Å²) >= 11 is 0. The van der Waals surface area contributed by atoms with Gasteiger partial charge in [0.25, 0.3) is 0 Å². The Morgan fingerprint density at radius 2 is 1.11 bits per heavy atom. The van der Waals surface area contributed by atoms with Crippen molar-refractivity contribution >= 4 is 23.7 Å². The predicted octanol–water partition coefficient (Wildman–Crippen LogP) is -2.23. The number of nitrogens with one attached hydrogen (secondary N) is 6. The lowest BCUT2D eigenvalue weighted by Crippen LogP contribution is -2.58. The highest BCUT2D eigenvalue weighted by Crippen LogP contribution is 2.05. The largest absolute Gasteiger partial charge is 0.480 e. The van der Waals surface area contributed by atoms with Gasteiger partial charge in [0.1, 0.15) is 18.1 Å². The van der Waals surface area contributed by atoms with Gasteiger partial charge in [0, 0.05) is 54.9 Å². The van der Waals surface area contributed by atoms with Crippen molar-refractivity contribution < 1.29 is 24.3 Å². The molecule has 0 fully saturated rings. The maximum Gasteiger partial charge on any atom is 0.326 e. The summed E-state index contributed by atoms with van der Waals surface area (Å²) in [4.78, 5) is 70.5. The van der Waals surface area contributed by atoms with E-state index in [0.717, 1.165) is 0 Å². The first kappa shape index (κ1) is 26.1. The molecular formula is C21H28N10O5. The summed E-state index contributed by atoms with van der Waals surface area (Å²) in [5.41, 5.74) is 7.24. The highest BCUT2D eigenvalue weighted by atomic mass is 16.4. The van der Waals surface area contributed by atoms with Gasteiger partial charge < -0.3 is 41.7 Å². The minimum absolute atomic E-state index is 0.00795. The number of hydrogen-bond donors (Lipinski definition) is 8. The molecule has 3 aromatic heterocycles. The highest BCUT2D eigenvalue weighted by Gasteiger charge is 2.31. The van der Waals surface area contributed by atoms with Crippen LogP contribution in [0.3, 0.4) is 0 Å². The van der Waals surface area contributed by atoms with E-state index in [1.165, 1.54) is 44.5 Å². The number of amides is 3. The van der Waals surface area contributed by atoms with Gasteiger partial charge in [-0.25, -0.2) is 19.7 Å².